The maximum Gasteiger partial charge on any atom is 0.120 e. The Balaban J connectivity index is 2.11. The molecule has 0 bridgehead atoms. The second-order valence-corrected chi connectivity index (χ2v) is 4.01. The fourth-order valence-electron chi connectivity index (χ4n) is 1.61. The summed E-state index contributed by atoms with van der Waals surface area (Å²) in [6, 6.07) is 9.32. The second kappa shape index (κ2) is 4.87. The quantitative estimate of drug-likeness (QED) is 0.626. The maximum absolute atomic E-state index is 9.61. The molecule has 2 aromatic rings. The predicted octanol–water partition coefficient (Wildman–Crippen LogP) is 2.60. The highest BCUT2D eigenvalue weighted by Crippen LogP contribution is 2.24. The van der Waals surface area contributed by atoms with Crippen LogP contribution in [0.5, 0.6) is 17.2 Å². The molecule has 0 spiro atoms. The van der Waals surface area contributed by atoms with E-state index in [0.717, 1.165) is 5.69 Å². The molecular formula is C14H14NO3. The lowest BCUT2D eigenvalue weighted by Gasteiger charge is -2.09. The Morgan fingerprint density at radius 2 is 1.67 bits per heavy atom. The van der Waals surface area contributed by atoms with Crippen LogP contribution in [-0.2, 0) is 6.54 Å². The molecule has 0 atom stereocenters. The Morgan fingerprint density at radius 3 is 2.39 bits per heavy atom. The molecule has 0 saturated carbocycles. The van der Waals surface area contributed by atoms with Gasteiger partial charge in [-0.1, -0.05) is 0 Å². The molecular weight excluding hydrogens is 230 g/mol. The van der Waals surface area contributed by atoms with Gasteiger partial charge in [-0.3, -0.25) is 0 Å². The zero-order valence-corrected chi connectivity index (χ0v) is 9.72. The van der Waals surface area contributed by atoms with Crippen molar-refractivity contribution in [2.75, 3.05) is 5.32 Å². The summed E-state index contributed by atoms with van der Waals surface area (Å²) in [5, 5.41) is 31.4. The van der Waals surface area contributed by atoms with Crippen molar-refractivity contribution in [1.29, 1.82) is 0 Å². The first-order chi connectivity index (χ1) is 8.56. The van der Waals surface area contributed by atoms with Crippen molar-refractivity contribution in [1.82, 2.24) is 0 Å². The summed E-state index contributed by atoms with van der Waals surface area (Å²) in [6.45, 7) is 4.05. The standard InChI is InChI=1S/C14H14NO3/c1-9-6-11(2-4-13(9)17)15-8-10-7-12(16)3-5-14(10)18/h2-7,15-18H,1,8H2. The monoisotopic (exact) mass is 244 g/mol. The minimum absolute atomic E-state index is 0.105. The minimum Gasteiger partial charge on any atom is -0.508 e. The molecule has 4 nitrogen and oxygen atoms in total. The Bertz CT molecular complexity index is 567. The molecule has 0 saturated heterocycles. The highest BCUT2D eigenvalue weighted by atomic mass is 16.3. The van der Waals surface area contributed by atoms with E-state index in [1.165, 1.54) is 18.2 Å². The van der Waals surface area contributed by atoms with Crippen molar-refractivity contribution in [2.45, 2.75) is 6.54 Å². The lowest BCUT2D eigenvalue weighted by atomic mass is 10.1. The number of rotatable bonds is 3. The van der Waals surface area contributed by atoms with Crippen LogP contribution in [0.2, 0.25) is 0 Å². The average molecular weight is 244 g/mol. The van der Waals surface area contributed by atoms with Gasteiger partial charge < -0.3 is 20.6 Å². The second-order valence-electron chi connectivity index (χ2n) is 4.01. The lowest BCUT2D eigenvalue weighted by molar-refractivity contribution is 0.455. The van der Waals surface area contributed by atoms with Crippen LogP contribution in [0.3, 0.4) is 0 Å². The Morgan fingerprint density at radius 1 is 0.944 bits per heavy atom. The number of anilines is 1. The van der Waals surface area contributed by atoms with Gasteiger partial charge in [0.05, 0.1) is 0 Å². The largest absolute Gasteiger partial charge is 0.508 e. The summed E-state index contributed by atoms with van der Waals surface area (Å²) in [4.78, 5) is 0. The number of nitrogens with one attached hydrogen (secondary N) is 1. The van der Waals surface area contributed by atoms with Gasteiger partial charge >= 0.3 is 0 Å². The van der Waals surface area contributed by atoms with E-state index in [4.69, 9.17) is 0 Å². The smallest absolute Gasteiger partial charge is 0.120 e. The van der Waals surface area contributed by atoms with Crippen LogP contribution >= 0.6 is 0 Å². The molecule has 0 aliphatic heterocycles. The molecule has 4 heteroatoms. The number of benzene rings is 2. The Kier molecular flexibility index (Phi) is 3.28. The third kappa shape index (κ3) is 2.66. The number of phenolic OH excluding ortho intramolecular Hbond substituents is 3. The van der Waals surface area contributed by atoms with E-state index in [0.29, 0.717) is 17.7 Å². The Labute approximate surface area is 105 Å². The van der Waals surface area contributed by atoms with Crippen molar-refractivity contribution < 1.29 is 15.3 Å². The molecule has 0 heterocycles. The lowest BCUT2D eigenvalue weighted by Crippen LogP contribution is -1.99. The van der Waals surface area contributed by atoms with Crippen LogP contribution in [0, 0.1) is 6.92 Å². The molecule has 0 amide bonds. The molecule has 0 aliphatic rings. The Hall–Kier alpha value is -2.36. The number of phenols is 3. The summed E-state index contributed by atoms with van der Waals surface area (Å²) >= 11 is 0. The number of hydrogen-bond donors (Lipinski definition) is 4. The first-order valence-corrected chi connectivity index (χ1v) is 5.46. The van der Waals surface area contributed by atoms with E-state index in [9.17, 15) is 15.3 Å². The van der Waals surface area contributed by atoms with Gasteiger partial charge in [0.1, 0.15) is 17.2 Å². The third-order valence-corrected chi connectivity index (χ3v) is 2.63. The maximum atomic E-state index is 9.61. The predicted molar refractivity (Wildman–Crippen MR) is 69.7 cm³/mol. The fraction of sp³-hybridized carbons (Fsp3) is 0.0714. The van der Waals surface area contributed by atoms with Crippen molar-refractivity contribution in [3.63, 3.8) is 0 Å². The van der Waals surface area contributed by atoms with E-state index in [1.54, 1.807) is 18.2 Å². The average Bonchev–Trinajstić information content (AvgIpc) is 2.34. The molecule has 2 aromatic carbocycles. The minimum atomic E-state index is 0.105. The van der Waals surface area contributed by atoms with Crippen LogP contribution in [0.1, 0.15) is 11.1 Å². The number of aromatic hydroxyl groups is 3. The van der Waals surface area contributed by atoms with Crippen molar-refractivity contribution >= 4 is 5.69 Å². The summed E-state index contributed by atoms with van der Waals surface area (Å²) in [6.07, 6.45) is 0. The zero-order chi connectivity index (χ0) is 13.1. The van der Waals surface area contributed by atoms with Gasteiger partial charge in [0.2, 0.25) is 0 Å². The van der Waals surface area contributed by atoms with Crippen LogP contribution in [0.15, 0.2) is 36.4 Å². The van der Waals surface area contributed by atoms with Crippen LogP contribution < -0.4 is 5.32 Å². The molecule has 93 valence electrons. The van der Waals surface area contributed by atoms with Gasteiger partial charge in [-0.2, -0.15) is 0 Å². The number of hydrogen-bond acceptors (Lipinski definition) is 4. The molecule has 0 aromatic heterocycles. The van der Waals surface area contributed by atoms with E-state index in [2.05, 4.69) is 12.2 Å². The topological polar surface area (TPSA) is 72.7 Å². The molecule has 18 heavy (non-hydrogen) atoms. The molecule has 0 aliphatic carbocycles. The summed E-state index contributed by atoms with van der Waals surface area (Å²) in [5.41, 5.74) is 1.90. The van der Waals surface area contributed by atoms with Crippen LogP contribution in [0.4, 0.5) is 5.69 Å². The third-order valence-electron chi connectivity index (χ3n) is 2.63. The normalized spacial score (nSPS) is 10.3. The van der Waals surface area contributed by atoms with Crippen molar-refractivity contribution in [2.24, 2.45) is 0 Å². The molecule has 2 rings (SSSR count). The van der Waals surface area contributed by atoms with Gasteiger partial charge in [-0.05, 0) is 48.9 Å². The van der Waals surface area contributed by atoms with Crippen LogP contribution in [0.25, 0.3) is 0 Å². The van der Waals surface area contributed by atoms with Crippen molar-refractivity contribution in [3.05, 3.63) is 54.4 Å². The van der Waals surface area contributed by atoms with E-state index in [1.807, 2.05) is 0 Å². The molecule has 4 N–H and O–H groups in total. The first kappa shape index (κ1) is 12.1. The summed E-state index contributed by atoms with van der Waals surface area (Å²) in [5.74, 6) is 0.364. The van der Waals surface area contributed by atoms with Gasteiger partial charge in [0, 0.05) is 17.8 Å². The van der Waals surface area contributed by atoms with E-state index >= 15 is 0 Å². The van der Waals surface area contributed by atoms with E-state index in [-0.39, 0.29) is 17.2 Å². The van der Waals surface area contributed by atoms with Crippen LogP contribution in [-0.4, -0.2) is 15.3 Å². The van der Waals surface area contributed by atoms with Gasteiger partial charge in [0.25, 0.3) is 0 Å². The summed E-state index contributed by atoms with van der Waals surface area (Å²) in [7, 11) is 0. The summed E-state index contributed by atoms with van der Waals surface area (Å²) < 4.78 is 0. The zero-order valence-electron chi connectivity index (χ0n) is 9.72. The molecule has 1 radical (unpaired) electrons. The van der Waals surface area contributed by atoms with Gasteiger partial charge in [0.15, 0.2) is 0 Å². The fourth-order valence-corrected chi connectivity index (χ4v) is 1.61. The molecule has 0 fully saturated rings. The highest BCUT2D eigenvalue weighted by Gasteiger charge is 2.03. The van der Waals surface area contributed by atoms with E-state index < -0.39 is 0 Å². The molecule has 0 unspecified atom stereocenters. The van der Waals surface area contributed by atoms with Gasteiger partial charge in [-0.25, -0.2) is 0 Å². The SMILES string of the molecule is [CH2]c1cc(NCc2cc(O)ccc2O)ccc1O. The van der Waals surface area contributed by atoms with Gasteiger partial charge in [-0.15, -0.1) is 0 Å². The van der Waals surface area contributed by atoms with Crippen molar-refractivity contribution in [3.8, 4) is 17.2 Å². The highest BCUT2D eigenvalue weighted by molar-refractivity contribution is 5.52. The first-order valence-electron chi connectivity index (χ1n) is 5.46.